The van der Waals surface area contributed by atoms with Crippen LogP contribution in [0.5, 0.6) is 0 Å². The highest BCUT2D eigenvalue weighted by Gasteiger charge is 2.22. The molecule has 4 nitrogen and oxygen atoms in total. The number of rotatable bonds is 5. The highest BCUT2D eigenvalue weighted by molar-refractivity contribution is 9.10. The van der Waals surface area contributed by atoms with Crippen molar-refractivity contribution in [2.45, 2.75) is 32.9 Å². The molecule has 1 atom stereocenters. The molecule has 112 valence electrons. The molecule has 1 unspecified atom stereocenters. The predicted octanol–water partition coefficient (Wildman–Crippen LogP) is 3.89. The number of carbonyl (C=O) groups is 1. The molecule has 0 saturated carbocycles. The van der Waals surface area contributed by atoms with Crippen molar-refractivity contribution >= 4 is 21.8 Å². The third-order valence-corrected chi connectivity index (χ3v) is 4.07. The molecule has 0 saturated heterocycles. The predicted molar refractivity (Wildman–Crippen MR) is 87.2 cm³/mol. The second-order valence-corrected chi connectivity index (χ2v) is 6.03. The van der Waals surface area contributed by atoms with Gasteiger partial charge in [0, 0.05) is 36.7 Å². The van der Waals surface area contributed by atoms with Gasteiger partial charge in [0.15, 0.2) is 0 Å². The fraction of sp³-hybridized carbons (Fsp3) is 0.375. The van der Waals surface area contributed by atoms with Gasteiger partial charge in [0.2, 0.25) is 0 Å². The summed E-state index contributed by atoms with van der Waals surface area (Å²) in [6.45, 7) is 4.96. The Morgan fingerprint density at radius 1 is 1.43 bits per heavy atom. The lowest BCUT2D eigenvalue weighted by atomic mass is 10.1. The molecule has 5 heteroatoms. The molecule has 0 radical (unpaired) electrons. The summed E-state index contributed by atoms with van der Waals surface area (Å²) in [4.78, 5) is 18.5. The lowest BCUT2D eigenvalue weighted by Gasteiger charge is -2.25. The Kier molecular flexibility index (Phi) is 5.17. The van der Waals surface area contributed by atoms with E-state index in [1.165, 1.54) is 0 Å². The van der Waals surface area contributed by atoms with E-state index < -0.39 is 0 Å². The van der Waals surface area contributed by atoms with Crippen LogP contribution >= 0.6 is 15.9 Å². The number of pyridine rings is 1. The van der Waals surface area contributed by atoms with Gasteiger partial charge < -0.3 is 9.47 Å². The minimum atomic E-state index is 0.00394. The molecular weight excluding hydrogens is 330 g/mol. The van der Waals surface area contributed by atoms with Crippen LogP contribution in [0.2, 0.25) is 0 Å². The minimum Gasteiger partial charge on any atom is -0.342 e. The zero-order valence-corrected chi connectivity index (χ0v) is 14.2. The fourth-order valence-electron chi connectivity index (χ4n) is 2.30. The molecule has 2 rings (SSSR count). The van der Waals surface area contributed by atoms with Crippen molar-refractivity contribution in [3.63, 3.8) is 0 Å². The Morgan fingerprint density at radius 3 is 2.71 bits per heavy atom. The van der Waals surface area contributed by atoms with Gasteiger partial charge in [-0.2, -0.15) is 0 Å². The summed E-state index contributed by atoms with van der Waals surface area (Å²) in [5.41, 5.74) is 1.79. The van der Waals surface area contributed by atoms with E-state index in [1.54, 1.807) is 17.3 Å². The number of aryl methyl sites for hydroxylation is 1. The lowest BCUT2D eigenvalue weighted by Crippen LogP contribution is -2.31. The maximum Gasteiger partial charge on any atom is 0.270 e. The molecule has 1 amide bonds. The Morgan fingerprint density at radius 2 is 2.10 bits per heavy atom. The summed E-state index contributed by atoms with van der Waals surface area (Å²) in [5.74, 6) is 0.0264. The number of halogens is 1. The number of hydrogen-bond acceptors (Lipinski definition) is 2. The van der Waals surface area contributed by atoms with Crippen LogP contribution in [0.1, 0.15) is 42.4 Å². The summed E-state index contributed by atoms with van der Waals surface area (Å²) in [6.07, 6.45) is 6.45. The van der Waals surface area contributed by atoms with Crippen molar-refractivity contribution in [1.29, 1.82) is 0 Å². The van der Waals surface area contributed by atoms with Gasteiger partial charge in [-0.25, -0.2) is 0 Å². The molecule has 0 bridgehead atoms. The summed E-state index contributed by atoms with van der Waals surface area (Å²) in [5, 5.41) is 0. The van der Waals surface area contributed by atoms with Crippen LogP contribution in [0.15, 0.2) is 41.3 Å². The van der Waals surface area contributed by atoms with Gasteiger partial charge in [0.1, 0.15) is 5.69 Å². The number of amides is 1. The second-order valence-electron chi connectivity index (χ2n) is 5.11. The quantitative estimate of drug-likeness (QED) is 0.821. The summed E-state index contributed by atoms with van der Waals surface area (Å²) >= 11 is 3.45. The molecule has 0 fully saturated rings. The summed E-state index contributed by atoms with van der Waals surface area (Å²) < 4.78 is 2.94. The number of hydrogen-bond donors (Lipinski definition) is 0. The van der Waals surface area contributed by atoms with Crippen LogP contribution in [0.25, 0.3) is 0 Å². The molecular formula is C16H20BrN3O. The highest BCUT2D eigenvalue weighted by atomic mass is 79.9. The van der Waals surface area contributed by atoms with E-state index in [-0.39, 0.29) is 11.9 Å². The lowest BCUT2D eigenvalue weighted by molar-refractivity contribution is 0.0731. The number of nitrogens with zero attached hydrogens (tertiary/aromatic N) is 3. The molecule has 0 aliphatic carbocycles. The van der Waals surface area contributed by atoms with Crippen LogP contribution in [0, 0.1) is 0 Å². The van der Waals surface area contributed by atoms with Crippen LogP contribution in [0.4, 0.5) is 0 Å². The SMILES string of the molecule is CCCn1cc(Br)cc1C(=O)N(C)C(C)c1ccncc1. The molecule has 21 heavy (non-hydrogen) atoms. The van der Waals surface area contributed by atoms with Gasteiger partial charge in [-0.1, -0.05) is 6.92 Å². The van der Waals surface area contributed by atoms with E-state index in [9.17, 15) is 4.79 Å². The Labute approximate surface area is 133 Å². The van der Waals surface area contributed by atoms with E-state index in [4.69, 9.17) is 0 Å². The van der Waals surface area contributed by atoms with Crippen molar-refractivity contribution in [2.75, 3.05) is 7.05 Å². The average Bonchev–Trinajstić information content (AvgIpc) is 2.87. The molecule has 0 aliphatic rings. The first-order valence-corrected chi connectivity index (χ1v) is 7.86. The van der Waals surface area contributed by atoms with Gasteiger partial charge in [-0.15, -0.1) is 0 Å². The Hall–Kier alpha value is -1.62. The second kappa shape index (κ2) is 6.89. The van der Waals surface area contributed by atoms with Crippen LogP contribution < -0.4 is 0 Å². The maximum absolute atomic E-state index is 12.7. The average molecular weight is 350 g/mol. The molecule has 0 aliphatic heterocycles. The molecule has 0 N–H and O–H groups in total. The van der Waals surface area contributed by atoms with Gasteiger partial charge in [-0.05, 0) is 53.0 Å². The van der Waals surface area contributed by atoms with Crippen molar-refractivity contribution in [1.82, 2.24) is 14.5 Å². The monoisotopic (exact) mass is 349 g/mol. The molecule has 2 aromatic rings. The maximum atomic E-state index is 12.7. The smallest absolute Gasteiger partial charge is 0.270 e. The first kappa shape index (κ1) is 15.8. The van der Waals surface area contributed by atoms with Crippen molar-refractivity contribution in [3.05, 3.63) is 52.5 Å². The first-order chi connectivity index (χ1) is 10.0. The zero-order chi connectivity index (χ0) is 15.4. The van der Waals surface area contributed by atoms with Gasteiger partial charge in [0.25, 0.3) is 5.91 Å². The van der Waals surface area contributed by atoms with Crippen LogP contribution in [-0.4, -0.2) is 27.4 Å². The van der Waals surface area contributed by atoms with E-state index in [2.05, 4.69) is 27.8 Å². The molecule has 2 aromatic heterocycles. The van der Waals surface area contributed by atoms with E-state index in [0.29, 0.717) is 5.69 Å². The van der Waals surface area contributed by atoms with E-state index >= 15 is 0 Å². The molecule has 0 aromatic carbocycles. The normalized spacial score (nSPS) is 12.2. The van der Waals surface area contributed by atoms with Crippen molar-refractivity contribution in [2.24, 2.45) is 0 Å². The summed E-state index contributed by atoms with van der Waals surface area (Å²) in [7, 11) is 1.84. The zero-order valence-electron chi connectivity index (χ0n) is 12.6. The first-order valence-electron chi connectivity index (χ1n) is 7.07. The topological polar surface area (TPSA) is 38.1 Å². The third kappa shape index (κ3) is 3.53. The Bertz CT molecular complexity index is 609. The van der Waals surface area contributed by atoms with Gasteiger partial charge in [0.05, 0.1) is 6.04 Å². The van der Waals surface area contributed by atoms with Gasteiger partial charge in [-0.3, -0.25) is 9.78 Å². The summed E-state index contributed by atoms with van der Waals surface area (Å²) in [6, 6.07) is 5.77. The number of aromatic nitrogens is 2. The van der Waals surface area contributed by atoms with Crippen molar-refractivity contribution < 1.29 is 4.79 Å². The number of carbonyl (C=O) groups excluding carboxylic acids is 1. The third-order valence-electron chi connectivity index (χ3n) is 3.64. The van der Waals surface area contributed by atoms with Crippen LogP contribution in [0.3, 0.4) is 0 Å². The molecule has 2 heterocycles. The van der Waals surface area contributed by atoms with Gasteiger partial charge >= 0.3 is 0 Å². The van der Waals surface area contributed by atoms with E-state index in [0.717, 1.165) is 23.0 Å². The largest absolute Gasteiger partial charge is 0.342 e. The fourth-order valence-corrected chi connectivity index (χ4v) is 2.77. The van der Waals surface area contributed by atoms with Crippen molar-refractivity contribution in [3.8, 4) is 0 Å². The van der Waals surface area contributed by atoms with E-state index in [1.807, 2.05) is 42.9 Å². The minimum absolute atomic E-state index is 0.00394. The highest BCUT2D eigenvalue weighted by Crippen LogP contribution is 2.22. The van der Waals surface area contributed by atoms with Crippen LogP contribution in [-0.2, 0) is 6.54 Å². The standard InChI is InChI=1S/C16H20BrN3O/c1-4-9-20-11-14(17)10-15(20)16(21)19(3)12(2)13-5-7-18-8-6-13/h5-8,10-12H,4,9H2,1-3H3. The Balaban J connectivity index is 2.23. The molecule has 0 spiro atoms.